The zero-order valence-corrected chi connectivity index (χ0v) is 14.2. The Morgan fingerprint density at radius 2 is 1.83 bits per heavy atom. The second-order valence-corrected chi connectivity index (χ2v) is 7.27. The Balaban J connectivity index is 1.68. The summed E-state index contributed by atoms with van der Waals surface area (Å²) in [5.74, 6) is 1.49. The van der Waals surface area contributed by atoms with Gasteiger partial charge in [0.15, 0.2) is 5.13 Å². The number of hydrogen-bond donors (Lipinski definition) is 1. The molecule has 0 spiro atoms. The first kappa shape index (κ1) is 15.5. The van der Waals surface area contributed by atoms with Crippen LogP contribution in [0.15, 0.2) is 47.1 Å². The van der Waals surface area contributed by atoms with Gasteiger partial charge < -0.3 is 9.73 Å². The smallest absolute Gasteiger partial charge is 0.218 e. The molecule has 0 aliphatic heterocycles. The van der Waals surface area contributed by atoms with Crippen molar-refractivity contribution in [2.24, 2.45) is 0 Å². The molecule has 0 saturated carbocycles. The van der Waals surface area contributed by atoms with Crippen LogP contribution in [0.4, 0.5) is 10.8 Å². The molecule has 1 aromatic carbocycles. The predicted octanol–water partition coefficient (Wildman–Crippen LogP) is 5.34. The van der Waals surface area contributed by atoms with Gasteiger partial charge in [-0.1, -0.05) is 50.3 Å². The topological polar surface area (TPSA) is 51.0 Å². The molecule has 0 aliphatic carbocycles. The van der Waals surface area contributed by atoms with Gasteiger partial charge in [-0.2, -0.15) is 0 Å². The van der Waals surface area contributed by atoms with Crippen molar-refractivity contribution < 1.29 is 4.42 Å². The zero-order chi connectivity index (χ0) is 16.3. The van der Waals surface area contributed by atoms with Crippen LogP contribution >= 0.6 is 11.3 Å². The molecule has 5 heteroatoms. The molecule has 0 fully saturated rings. The van der Waals surface area contributed by atoms with Crippen LogP contribution < -0.4 is 5.32 Å². The Kier molecular flexibility index (Phi) is 4.30. The van der Waals surface area contributed by atoms with Crippen molar-refractivity contribution in [1.82, 2.24) is 9.97 Å². The maximum atomic E-state index is 5.74. The van der Waals surface area contributed by atoms with Crippen LogP contribution in [0.1, 0.15) is 37.3 Å². The van der Waals surface area contributed by atoms with Crippen LogP contribution in [0.2, 0.25) is 0 Å². The molecule has 2 heterocycles. The number of nitrogens with zero attached hydrogens (tertiary/aromatic N) is 2. The van der Waals surface area contributed by atoms with Crippen molar-refractivity contribution in [2.75, 3.05) is 5.32 Å². The van der Waals surface area contributed by atoms with Crippen molar-refractivity contribution in [3.63, 3.8) is 0 Å². The molecular formula is C18H19N3OS. The number of oxazole rings is 1. The summed E-state index contributed by atoms with van der Waals surface area (Å²) in [7, 11) is 0. The number of hydrogen-bond acceptors (Lipinski definition) is 5. The molecule has 0 bridgehead atoms. The van der Waals surface area contributed by atoms with Crippen LogP contribution in [-0.2, 0) is 5.41 Å². The average molecular weight is 325 g/mol. The first-order valence-electron chi connectivity index (χ1n) is 7.43. The first-order chi connectivity index (χ1) is 11.0. The highest BCUT2D eigenvalue weighted by molar-refractivity contribution is 7.16. The molecule has 4 nitrogen and oxygen atoms in total. The summed E-state index contributed by atoms with van der Waals surface area (Å²) in [6.07, 6.45) is 7.45. The number of rotatable bonds is 4. The van der Waals surface area contributed by atoms with Gasteiger partial charge in [0.1, 0.15) is 5.76 Å². The number of anilines is 2. The summed E-state index contributed by atoms with van der Waals surface area (Å²) < 4.78 is 5.74. The van der Waals surface area contributed by atoms with E-state index in [1.165, 1.54) is 0 Å². The summed E-state index contributed by atoms with van der Waals surface area (Å²) in [6.45, 7) is 6.31. The Bertz CT molecular complexity index is 797. The van der Waals surface area contributed by atoms with Gasteiger partial charge in [0, 0.05) is 28.3 Å². The largest absolute Gasteiger partial charge is 0.441 e. The van der Waals surface area contributed by atoms with E-state index in [2.05, 4.69) is 36.1 Å². The van der Waals surface area contributed by atoms with E-state index in [-0.39, 0.29) is 5.41 Å². The summed E-state index contributed by atoms with van der Waals surface area (Å²) in [6, 6.07) is 10.00. The Morgan fingerprint density at radius 3 is 2.52 bits per heavy atom. The second-order valence-electron chi connectivity index (χ2n) is 6.20. The molecule has 3 aromatic rings. The minimum atomic E-state index is -0.0314. The molecule has 0 saturated heterocycles. The van der Waals surface area contributed by atoms with E-state index in [4.69, 9.17) is 4.42 Å². The number of nitrogens with one attached hydrogen (secondary N) is 1. The lowest BCUT2D eigenvalue weighted by molar-refractivity contribution is 0.403. The fraction of sp³-hybridized carbons (Fsp3) is 0.222. The number of aromatic nitrogens is 2. The summed E-state index contributed by atoms with van der Waals surface area (Å²) in [5, 5.41) is 4.14. The first-order valence-corrected chi connectivity index (χ1v) is 8.25. The van der Waals surface area contributed by atoms with Gasteiger partial charge in [0.05, 0.1) is 6.20 Å². The number of benzene rings is 1. The molecular weight excluding hydrogens is 306 g/mol. The minimum absolute atomic E-state index is 0.0314. The van der Waals surface area contributed by atoms with Crippen LogP contribution in [0.5, 0.6) is 0 Å². The van der Waals surface area contributed by atoms with E-state index in [1.807, 2.05) is 48.7 Å². The molecule has 0 unspecified atom stereocenters. The van der Waals surface area contributed by atoms with Crippen LogP contribution in [0.25, 0.3) is 12.2 Å². The van der Waals surface area contributed by atoms with Crippen molar-refractivity contribution in [3.8, 4) is 0 Å². The van der Waals surface area contributed by atoms with Crippen molar-refractivity contribution in [3.05, 3.63) is 59.3 Å². The highest BCUT2D eigenvalue weighted by atomic mass is 32.1. The number of thiazole rings is 1. The van der Waals surface area contributed by atoms with Gasteiger partial charge in [-0.05, 0) is 18.2 Å². The molecule has 118 valence electrons. The van der Waals surface area contributed by atoms with E-state index in [1.54, 1.807) is 17.5 Å². The molecule has 3 rings (SSSR count). The highest BCUT2D eigenvalue weighted by Crippen LogP contribution is 2.25. The molecule has 0 radical (unpaired) electrons. The third-order valence-electron chi connectivity index (χ3n) is 3.20. The van der Waals surface area contributed by atoms with E-state index in [9.17, 15) is 0 Å². The third-order valence-corrected chi connectivity index (χ3v) is 4.08. The van der Waals surface area contributed by atoms with Crippen molar-refractivity contribution >= 4 is 34.3 Å². The lowest BCUT2D eigenvalue weighted by Gasteiger charge is -2.12. The van der Waals surface area contributed by atoms with Gasteiger partial charge in [-0.15, -0.1) is 0 Å². The lowest BCUT2D eigenvalue weighted by atomic mass is 9.94. The number of para-hydroxylation sites is 1. The molecule has 0 atom stereocenters. The van der Waals surface area contributed by atoms with Crippen LogP contribution in [0, 0.1) is 0 Å². The second kappa shape index (κ2) is 6.38. The standard InChI is InChI=1S/C18H19N3OS/c1-18(2,3)15-12-19-16(22-15)10-9-14-11-20-17(23-14)21-13-7-5-4-6-8-13/h4-12H,1-3H3,(H,20,21). The zero-order valence-electron chi connectivity index (χ0n) is 13.4. The summed E-state index contributed by atoms with van der Waals surface area (Å²) >= 11 is 1.58. The van der Waals surface area contributed by atoms with Gasteiger partial charge >= 0.3 is 0 Å². The highest BCUT2D eigenvalue weighted by Gasteiger charge is 2.18. The van der Waals surface area contributed by atoms with Gasteiger partial charge in [-0.3, -0.25) is 0 Å². The molecule has 0 aliphatic rings. The molecule has 1 N–H and O–H groups in total. The predicted molar refractivity (Wildman–Crippen MR) is 96.0 cm³/mol. The van der Waals surface area contributed by atoms with E-state index in [0.717, 1.165) is 21.5 Å². The lowest BCUT2D eigenvalue weighted by Crippen LogP contribution is -2.09. The minimum Gasteiger partial charge on any atom is -0.441 e. The van der Waals surface area contributed by atoms with Crippen molar-refractivity contribution in [1.29, 1.82) is 0 Å². The SMILES string of the molecule is CC(C)(C)c1cnc(C=Cc2cnc(Nc3ccccc3)s2)o1. The molecule has 0 amide bonds. The van der Waals surface area contributed by atoms with Gasteiger partial charge in [0.25, 0.3) is 0 Å². The Hall–Kier alpha value is -2.40. The van der Waals surface area contributed by atoms with E-state index < -0.39 is 0 Å². The van der Waals surface area contributed by atoms with E-state index >= 15 is 0 Å². The maximum absolute atomic E-state index is 5.74. The van der Waals surface area contributed by atoms with E-state index in [0.29, 0.717) is 5.89 Å². The van der Waals surface area contributed by atoms with Gasteiger partial charge in [0.2, 0.25) is 5.89 Å². The normalized spacial score (nSPS) is 12.0. The fourth-order valence-corrected chi connectivity index (χ4v) is 2.67. The Morgan fingerprint density at radius 1 is 1.04 bits per heavy atom. The third kappa shape index (κ3) is 4.07. The van der Waals surface area contributed by atoms with Crippen molar-refractivity contribution in [2.45, 2.75) is 26.2 Å². The monoisotopic (exact) mass is 325 g/mol. The van der Waals surface area contributed by atoms with Crippen LogP contribution in [0.3, 0.4) is 0 Å². The summed E-state index contributed by atoms with van der Waals surface area (Å²) in [4.78, 5) is 9.70. The fourth-order valence-electron chi connectivity index (χ4n) is 1.93. The average Bonchev–Trinajstić information content (AvgIpc) is 3.15. The molecule has 2 aromatic heterocycles. The van der Waals surface area contributed by atoms with Gasteiger partial charge in [-0.25, -0.2) is 9.97 Å². The Labute approximate surface area is 139 Å². The van der Waals surface area contributed by atoms with Crippen LogP contribution in [-0.4, -0.2) is 9.97 Å². The maximum Gasteiger partial charge on any atom is 0.218 e. The summed E-state index contributed by atoms with van der Waals surface area (Å²) in [5.41, 5.74) is 0.996. The molecule has 23 heavy (non-hydrogen) atoms. The quantitative estimate of drug-likeness (QED) is 0.703.